The summed E-state index contributed by atoms with van der Waals surface area (Å²) in [6.45, 7) is 6.17. The fourth-order valence-electron chi connectivity index (χ4n) is 2.13. The zero-order valence-corrected chi connectivity index (χ0v) is 10.5. The highest BCUT2D eigenvalue weighted by Crippen LogP contribution is 2.16. The van der Waals surface area contributed by atoms with Crippen molar-refractivity contribution in [1.82, 2.24) is 0 Å². The molecule has 16 heavy (non-hydrogen) atoms. The summed E-state index contributed by atoms with van der Waals surface area (Å²) in [6.07, 6.45) is 9.86. The van der Waals surface area contributed by atoms with Gasteiger partial charge in [0, 0.05) is 0 Å². The zero-order valence-electron chi connectivity index (χ0n) is 10.5. The molecule has 0 spiro atoms. The molecular weight excluding hydrogens is 192 g/mol. The predicted molar refractivity (Wildman–Crippen MR) is 72.6 cm³/mol. The molecule has 0 heterocycles. The Kier molecular flexibility index (Phi) is 6.64. The van der Waals surface area contributed by atoms with Gasteiger partial charge in [0.15, 0.2) is 0 Å². The smallest absolute Gasteiger partial charge is 0.0236 e. The van der Waals surface area contributed by atoms with Crippen LogP contribution in [0.25, 0.3) is 0 Å². The molecule has 0 saturated heterocycles. The monoisotopic (exact) mass is 216 g/mol. The van der Waals surface area contributed by atoms with Gasteiger partial charge >= 0.3 is 0 Å². The molecule has 1 rings (SSSR count). The van der Waals surface area contributed by atoms with Gasteiger partial charge in [-0.3, -0.25) is 0 Å². The molecule has 0 saturated carbocycles. The third-order valence-electron chi connectivity index (χ3n) is 3.13. The minimum absolute atomic E-state index is 0.737. The van der Waals surface area contributed by atoms with Crippen LogP contribution < -0.4 is 0 Å². The van der Waals surface area contributed by atoms with Crippen molar-refractivity contribution in [3.05, 3.63) is 48.6 Å². The normalized spacial score (nSPS) is 12.3. The van der Waals surface area contributed by atoms with Crippen molar-refractivity contribution in [3.63, 3.8) is 0 Å². The molecule has 0 heteroatoms. The minimum Gasteiger partial charge on any atom is -0.103 e. The summed E-state index contributed by atoms with van der Waals surface area (Å²) >= 11 is 0. The van der Waals surface area contributed by atoms with Crippen LogP contribution in [-0.4, -0.2) is 0 Å². The quantitative estimate of drug-likeness (QED) is 0.423. The Morgan fingerprint density at radius 2 is 1.88 bits per heavy atom. The van der Waals surface area contributed by atoms with Crippen LogP contribution in [0.3, 0.4) is 0 Å². The highest BCUT2D eigenvalue weighted by Gasteiger charge is 2.02. The van der Waals surface area contributed by atoms with E-state index in [-0.39, 0.29) is 0 Å². The van der Waals surface area contributed by atoms with E-state index >= 15 is 0 Å². The number of hydrogen-bond donors (Lipinski definition) is 0. The average Bonchev–Trinajstić information content (AvgIpc) is 2.34. The first kappa shape index (κ1) is 13.0. The fourth-order valence-corrected chi connectivity index (χ4v) is 2.13. The summed E-state index contributed by atoms with van der Waals surface area (Å²) < 4.78 is 0. The van der Waals surface area contributed by atoms with E-state index in [0.717, 1.165) is 5.92 Å². The van der Waals surface area contributed by atoms with Gasteiger partial charge < -0.3 is 0 Å². The first-order valence-electron chi connectivity index (χ1n) is 6.53. The molecule has 88 valence electrons. The largest absolute Gasteiger partial charge is 0.103 e. The molecule has 0 nitrogen and oxygen atoms in total. The van der Waals surface area contributed by atoms with Gasteiger partial charge in [0.05, 0.1) is 0 Å². The second kappa shape index (κ2) is 8.15. The Balaban J connectivity index is 2.14. The van der Waals surface area contributed by atoms with Crippen LogP contribution in [0.2, 0.25) is 0 Å². The maximum absolute atomic E-state index is 3.92. The molecule has 0 fully saturated rings. The number of unbranched alkanes of at least 4 members (excludes halogenated alkanes) is 1. The van der Waals surface area contributed by atoms with Gasteiger partial charge in [0.25, 0.3) is 0 Å². The lowest BCUT2D eigenvalue weighted by molar-refractivity contribution is 0.505. The minimum atomic E-state index is 0.737. The van der Waals surface area contributed by atoms with Crippen LogP contribution in [0.4, 0.5) is 0 Å². The Labute approximate surface area is 100 Å². The van der Waals surface area contributed by atoms with Gasteiger partial charge in [-0.15, -0.1) is 6.58 Å². The molecule has 1 aromatic rings. The van der Waals surface area contributed by atoms with E-state index in [1.54, 1.807) is 0 Å². The lowest BCUT2D eigenvalue weighted by Gasteiger charge is -2.10. The fraction of sp³-hybridized carbons (Fsp3) is 0.500. The van der Waals surface area contributed by atoms with E-state index in [9.17, 15) is 0 Å². The Morgan fingerprint density at radius 3 is 2.50 bits per heavy atom. The Morgan fingerprint density at radius 1 is 1.12 bits per heavy atom. The van der Waals surface area contributed by atoms with Gasteiger partial charge in [-0.2, -0.15) is 0 Å². The summed E-state index contributed by atoms with van der Waals surface area (Å²) in [6, 6.07) is 10.8. The highest BCUT2D eigenvalue weighted by molar-refractivity contribution is 5.14. The van der Waals surface area contributed by atoms with Crippen LogP contribution in [0, 0.1) is 5.92 Å². The number of hydrogen-bond acceptors (Lipinski definition) is 0. The van der Waals surface area contributed by atoms with Gasteiger partial charge in [-0.05, 0) is 37.2 Å². The van der Waals surface area contributed by atoms with E-state index in [1.165, 1.54) is 44.1 Å². The van der Waals surface area contributed by atoms with Crippen LogP contribution >= 0.6 is 0 Å². The van der Waals surface area contributed by atoms with Crippen molar-refractivity contribution in [3.8, 4) is 0 Å². The first-order chi connectivity index (χ1) is 7.86. The number of allylic oxidation sites excluding steroid dienone is 1. The molecular formula is C16H24. The molecule has 0 N–H and O–H groups in total. The third-order valence-corrected chi connectivity index (χ3v) is 3.13. The number of aryl methyl sites for hydroxylation is 1. The van der Waals surface area contributed by atoms with Crippen LogP contribution in [0.15, 0.2) is 43.0 Å². The summed E-state index contributed by atoms with van der Waals surface area (Å²) in [5.41, 5.74) is 1.47. The standard InChI is InChI=1S/C16H24/c1-3-10-15(4-2)11-8-9-14-16-12-6-5-7-13-16/h4-7,12-13,15H,2-3,8-11,14H2,1H3. The molecule has 0 aromatic heterocycles. The van der Waals surface area contributed by atoms with Crippen molar-refractivity contribution in [1.29, 1.82) is 0 Å². The molecule has 0 aliphatic heterocycles. The topological polar surface area (TPSA) is 0 Å². The lowest BCUT2D eigenvalue weighted by atomic mass is 9.96. The second-order valence-electron chi connectivity index (χ2n) is 4.52. The predicted octanol–water partition coefficient (Wildman–Crippen LogP) is 5.00. The van der Waals surface area contributed by atoms with E-state index < -0.39 is 0 Å². The van der Waals surface area contributed by atoms with Crippen molar-refractivity contribution in [2.45, 2.75) is 45.4 Å². The third kappa shape index (κ3) is 5.16. The number of benzene rings is 1. The van der Waals surface area contributed by atoms with Gasteiger partial charge in [-0.1, -0.05) is 56.2 Å². The summed E-state index contributed by atoms with van der Waals surface area (Å²) in [4.78, 5) is 0. The summed E-state index contributed by atoms with van der Waals surface area (Å²) in [5, 5.41) is 0. The first-order valence-corrected chi connectivity index (χ1v) is 6.53. The lowest BCUT2D eigenvalue weighted by Crippen LogP contribution is -1.96. The van der Waals surface area contributed by atoms with Crippen LogP contribution in [0.5, 0.6) is 0 Å². The molecule has 1 aromatic carbocycles. The Bertz CT molecular complexity index is 273. The molecule has 0 aliphatic rings. The summed E-state index contributed by atoms with van der Waals surface area (Å²) in [7, 11) is 0. The molecule has 0 amide bonds. The van der Waals surface area contributed by atoms with Gasteiger partial charge in [-0.25, -0.2) is 0 Å². The zero-order chi connectivity index (χ0) is 11.6. The van der Waals surface area contributed by atoms with Crippen molar-refractivity contribution >= 4 is 0 Å². The molecule has 0 radical (unpaired) electrons. The van der Waals surface area contributed by atoms with Crippen molar-refractivity contribution in [2.75, 3.05) is 0 Å². The van der Waals surface area contributed by atoms with Crippen LogP contribution in [0.1, 0.15) is 44.6 Å². The molecule has 1 atom stereocenters. The van der Waals surface area contributed by atoms with E-state index in [2.05, 4.69) is 49.9 Å². The molecule has 0 aliphatic carbocycles. The SMILES string of the molecule is C=CC(CCC)CCCCc1ccccc1. The van der Waals surface area contributed by atoms with E-state index in [4.69, 9.17) is 0 Å². The molecule has 0 bridgehead atoms. The molecule has 1 unspecified atom stereocenters. The van der Waals surface area contributed by atoms with Crippen LogP contribution in [-0.2, 0) is 6.42 Å². The average molecular weight is 216 g/mol. The number of rotatable bonds is 8. The van der Waals surface area contributed by atoms with Gasteiger partial charge in [0.2, 0.25) is 0 Å². The second-order valence-corrected chi connectivity index (χ2v) is 4.52. The van der Waals surface area contributed by atoms with Crippen molar-refractivity contribution in [2.24, 2.45) is 5.92 Å². The summed E-state index contributed by atoms with van der Waals surface area (Å²) in [5.74, 6) is 0.737. The van der Waals surface area contributed by atoms with Gasteiger partial charge in [0.1, 0.15) is 0 Å². The Hall–Kier alpha value is -1.04. The van der Waals surface area contributed by atoms with Crippen molar-refractivity contribution < 1.29 is 0 Å². The highest BCUT2D eigenvalue weighted by atomic mass is 14.1. The van der Waals surface area contributed by atoms with E-state index in [0.29, 0.717) is 0 Å². The maximum atomic E-state index is 3.92. The maximum Gasteiger partial charge on any atom is -0.0236 e. The van der Waals surface area contributed by atoms with E-state index in [1.807, 2.05) is 0 Å².